The average molecular weight is 293 g/mol. The summed E-state index contributed by atoms with van der Waals surface area (Å²) in [5, 5.41) is 6.12. The van der Waals surface area contributed by atoms with Crippen molar-refractivity contribution in [2.24, 2.45) is 0 Å². The zero-order valence-corrected chi connectivity index (χ0v) is 12.9. The van der Waals surface area contributed by atoms with Crippen molar-refractivity contribution >= 4 is 23.1 Å². The van der Waals surface area contributed by atoms with Crippen LogP contribution in [0.1, 0.15) is 11.8 Å². The Bertz CT molecular complexity index is 485. The van der Waals surface area contributed by atoms with Gasteiger partial charge in [-0.05, 0) is 23.6 Å². The van der Waals surface area contributed by atoms with E-state index in [1.54, 1.807) is 18.4 Å². The van der Waals surface area contributed by atoms with Crippen LogP contribution in [0.5, 0.6) is 5.75 Å². The lowest BCUT2D eigenvalue weighted by Crippen LogP contribution is -2.21. The van der Waals surface area contributed by atoms with Crippen LogP contribution >= 0.6 is 23.1 Å². The van der Waals surface area contributed by atoms with Gasteiger partial charge in [-0.1, -0.05) is 25.1 Å². The fraction of sp³-hybridized carbons (Fsp3) is 0.333. The van der Waals surface area contributed by atoms with Crippen LogP contribution in [0, 0.1) is 0 Å². The smallest absolute Gasteiger partial charge is 0.132 e. The molecule has 0 radical (unpaired) electrons. The van der Waals surface area contributed by atoms with Gasteiger partial charge in [0.25, 0.3) is 0 Å². The Labute approximate surface area is 123 Å². The summed E-state index contributed by atoms with van der Waals surface area (Å²) in [5.74, 6) is 0.956. The second kappa shape index (κ2) is 7.58. The highest BCUT2D eigenvalue weighted by Gasteiger charge is 2.08. The van der Waals surface area contributed by atoms with E-state index in [1.807, 2.05) is 23.9 Å². The van der Waals surface area contributed by atoms with Gasteiger partial charge < -0.3 is 10.1 Å². The van der Waals surface area contributed by atoms with Crippen molar-refractivity contribution < 1.29 is 4.74 Å². The maximum absolute atomic E-state index is 5.37. The highest BCUT2D eigenvalue weighted by atomic mass is 32.2. The standard InChI is InChI=1S/C15H19NOS2/c1-12(10-16-11-13-6-5-9-18-13)19-15-8-4-3-7-14(15)17-2/h3-9,12,16H,10-11H2,1-2H3. The van der Waals surface area contributed by atoms with E-state index in [9.17, 15) is 0 Å². The molecule has 1 atom stereocenters. The Hall–Kier alpha value is -0.970. The van der Waals surface area contributed by atoms with Crippen LogP contribution in [0.4, 0.5) is 0 Å². The quantitative estimate of drug-likeness (QED) is 0.779. The van der Waals surface area contributed by atoms with Crippen LogP contribution in [-0.4, -0.2) is 18.9 Å². The first kappa shape index (κ1) is 14.4. The molecule has 2 aromatic rings. The van der Waals surface area contributed by atoms with Crippen molar-refractivity contribution in [1.29, 1.82) is 0 Å². The van der Waals surface area contributed by atoms with Crippen LogP contribution in [0.25, 0.3) is 0 Å². The SMILES string of the molecule is COc1ccccc1SC(C)CNCc1cccs1. The molecule has 0 saturated heterocycles. The summed E-state index contributed by atoms with van der Waals surface area (Å²) in [6, 6.07) is 12.4. The van der Waals surface area contributed by atoms with Crippen molar-refractivity contribution in [3.63, 3.8) is 0 Å². The minimum atomic E-state index is 0.510. The van der Waals surface area contributed by atoms with E-state index in [0.717, 1.165) is 18.8 Å². The largest absolute Gasteiger partial charge is 0.496 e. The predicted octanol–water partition coefficient (Wildman–Crippen LogP) is 4.03. The number of thiophene rings is 1. The first-order valence-corrected chi connectivity index (χ1v) is 8.08. The molecule has 1 N–H and O–H groups in total. The number of nitrogens with one attached hydrogen (secondary N) is 1. The number of thioether (sulfide) groups is 1. The summed E-state index contributed by atoms with van der Waals surface area (Å²) in [6.07, 6.45) is 0. The molecule has 0 saturated carbocycles. The Balaban J connectivity index is 1.79. The van der Waals surface area contributed by atoms with Gasteiger partial charge in [-0.25, -0.2) is 0 Å². The normalized spacial score (nSPS) is 12.3. The molecule has 1 unspecified atom stereocenters. The third kappa shape index (κ3) is 4.56. The highest BCUT2D eigenvalue weighted by molar-refractivity contribution is 8.00. The Morgan fingerprint density at radius 3 is 2.84 bits per heavy atom. The third-order valence-electron chi connectivity index (χ3n) is 2.71. The van der Waals surface area contributed by atoms with E-state index in [1.165, 1.54) is 9.77 Å². The monoisotopic (exact) mass is 293 g/mol. The van der Waals surface area contributed by atoms with Gasteiger partial charge in [0, 0.05) is 28.1 Å². The number of ether oxygens (including phenoxy) is 1. The topological polar surface area (TPSA) is 21.3 Å². The van der Waals surface area contributed by atoms with Gasteiger partial charge in [0.2, 0.25) is 0 Å². The van der Waals surface area contributed by atoms with Crippen molar-refractivity contribution in [3.8, 4) is 5.75 Å². The first-order valence-electron chi connectivity index (χ1n) is 6.32. The van der Waals surface area contributed by atoms with Gasteiger partial charge in [-0.3, -0.25) is 0 Å². The minimum Gasteiger partial charge on any atom is -0.496 e. The maximum atomic E-state index is 5.37. The summed E-state index contributed by atoms with van der Waals surface area (Å²) >= 11 is 3.64. The molecular formula is C15H19NOS2. The van der Waals surface area contributed by atoms with Gasteiger partial charge in [-0.15, -0.1) is 23.1 Å². The zero-order chi connectivity index (χ0) is 13.5. The Kier molecular flexibility index (Phi) is 5.76. The minimum absolute atomic E-state index is 0.510. The van der Waals surface area contributed by atoms with Gasteiger partial charge in [-0.2, -0.15) is 0 Å². The number of para-hydroxylation sites is 1. The lowest BCUT2D eigenvalue weighted by Gasteiger charge is -2.14. The summed E-state index contributed by atoms with van der Waals surface area (Å²) in [5.41, 5.74) is 0. The zero-order valence-electron chi connectivity index (χ0n) is 11.3. The summed E-state index contributed by atoms with van der Waals surface area (Å²) in [7, 11) is 1.72. The molecule has 0 aliphatic heterocycles. The maximum Gasteiger partial charge on any atom is 0.132 e. The molecule has 0 fully saturated rings. The molecule has 102 valence electrons. The number of hydrogen-bond donors (Lipinski definition) is 1. The lowest BCUT2D eigenvalue weighted by molar-refractivity contribution is 0.404. The Morgan fingerprint density at radius 2 is 2.11 bits per heavy atom. The number of methoxy groups -OCH3 is 1. The molecule has 1 heterocycles. The van der Waals surface area contributed by atoms with Gasteiger partial charge >= 0.3 is 0 Å². The molecule has 2 rings (SSSR count). The predicted molar refractivity (Wildman–Crippen MR) is 84.3 cm³/mol. The molecule has 0 amide bonds. The molecule has 1 aromatic carbocycles. The number of benzene rings is 1. The van der Waals surface area contributed by atoms with Crippen molar-refractivity contribution in [3.05, 3.63) is 46.7 Å². The number of hydrogen-bond acceptors (Lipinski definition) is 4. The molecule has 0 aliphatic rings. The fourth-order valence-corrected chi connectivity index (χ4v) is 3.52. The molecular weight excluding hydrogens is 274 g/mol. The first-order chi connectivity index (χ1) is 9.29. The van der Waals surface area contributed by atoms with Gasteiger partial charge in [0.1, 0.15) is 5.75 Å². The van der Waals surface area contributed by atoms with Crippen molar-refractivity contribution in [2.45, 2.75) is 23.6 Å². The van der Waals surface area contributed by atoms with E-state index in [2.05, 4.69) is 41.9 Å². The lowest BCUT2D eigenvalue weighted by atomic mass is 10.3. The second-order valence-corrected chi connectivity index (χ2v) is 6.80. The molecule has 0 bridgehead atoms. The van der Waals surface area contributed by atoms with Crippen LogP contribution in [0.15, 0.2) is 46.7 Å². The molecule has 1 aromatic heterocycles. The van der Waals surface area contributed by atoms with Crippen LogP contribution < -0.4 is 10.1 Å². The van der Waals surface area contributed by atoms with Crippen LogP contribution in [0.2, 0.25) is 0 Å². The van der Waals surface area contributed by atoms with E-state index in [4.69, 9.17) is 4.74 Å². The van der Waals surface area contributed by atoms with E-state index in [-0.39, 0.29) is 0 Å². The van der Waals surface area contributed by atoms with E-state index in [0.29, 0.717) is 5.25 Å². The fourth-order valence-electron chi connectivity index (χ4n) is 1.79. The molecule has 2 nitrogen and oxygen atoms in total. The van der Waals surface area contributed by atoms with Crippen molar-refractivity contribution in [2.75, 3.05) is 13.7 Å². The van der Waals surface area contributed by atoms with Crippen LogP contribution in [0.3, 0.4) is 0 Å². The van der Waals surface area contributed by atoms with Crippen LogP contribution in [-0.2, 0) is 6.54 Å². The summed E-state index contributed by atoms with van der Waals surface area (Å²) < 4.78 is 5.37. The van der Waals surface area contributed by atoms with Gasteiger partial charge in [0.05, 0.1) is 7.11 Å². The summed E-state index contributed by atoms with van der Waals surface area (Å²) in [6.45, 7) is 4.17. The summed E-state index contributed by atoms with van der Waals surface area (Å²) in [4.78, 5) is 2.59. The van der Waals surface area contributed by atoms with Gasteiger partial charge in [0.15, 0.2) is 0 Å². The molecule has 19 heavy (non-hydrogen) atoms. The average Bonchev–Trinajstić information content (AvgIpc) is 2.92. The third-order valence-corrected chi connectivity index (χ3v) is 4.74. The van der Waals surface area contributed by atoms with Crippen molar-refractivity contribution in [1.82, 2.24) is 5.32 Å². The van der Waals surface area contributed by atoms with E-state index < -0.39 is 0 Å². The molecule has 0 aliphatic carbocycles. The number of rotatable bonds is 7. The Morgan fingerprint density at radius 1 is 1.26 bits per heavy atom. The highest BCUT2D eigenvalue weighted by Crippen LogP contribution is 2.31. The molecule has 0 spiro atoms. The second-order valence-electron chi connectivity index (χ2n) is 4.29. The van der Waals surface area contributed by atoms with E-state index >= 15 is 0 Å². The molecule has 4 heteroatoms.